The topological polar surface area (TPSA) is 68.8 Å². The molecule has 2 N–H and O–H groups in total. The molecule has 0 saturated heterocycles. The van der Waals surface area contributed by atoms with Crippen LogP contribution in [0.2, 0.25) is 0 Å². The molecule has 0 radical (unpaired) electrons. The van der Waals surface area contributed by atoms with Crippen LogP contribution in [0, 0.1) is 0 Å². The SMILES string of the molecule is CCOc1ccc(OCCNC(=O)CNc2ccccc2OC)cc1. The summed E-state index contributed by atoms with van der Waals surface area (Å²) in [6.45, 7) is 3.57. The number of hydrogen-bond donors (Lipinski definition) is 2. The largest absolute Gasteiger partial charge is 0.495 e. The van der Waals surface area contributed by atoms with Gasteiger partial charge in [0.25, 0.3) is 0 Å². The van der Waals surface area contributed by atoms with Gasteiger partial charge in [-0.1, -0.05) is 12.1 Å². The first kappa shape index (κ1) is 18.4. The fourth-order valence-electron chi connectivity index (χ4n) is 2.19. The summed E-state index contributed by atoms with van der Waals surface area (Å²) < 4.78 is 16.2. The Morgan fingerprint density at radius 1 is 1.00 bits per heavy atom. The molecule has 1 amide bonds. The summed E-state index contributed by atoms with van der Waals surface area (Å²) in [5, 5.41) is 5.85. The molecule has 0 heterocycles. The van der Waals surface area contributed by atoms with Crippen LogP contribution in [-0.2, 0) is 4.79 Å². The summed E-state index contributed by atoms with van der Waals surface area (Å²) in [6.07, 6.45) is 0. The van der Waals surface area contributed by atoms with Gasteiger partial charge in [-0.2, -0.15) is 0 Å². The number of para-hydroxylation sites is 2. The van der Waals surface area contributed by atoms with Crippen molar-refractivity contribution in [3.05, 3.63) is 48.5 Å². The minimum absolute atomic E-state index is 0.110. The lowest BCUT2D eigenvalue weighted by Gasteiger charge is -2.11. The van der Waals surface area contributed by atoms with E-state index in [1.807, 2.05) is 55.5 Å². The van der Waals surface area contributed by atoms with E-state index in [0.29, 0.717) is 25.5 Å². The van der Waals surface area contributed by atoms with Crippen LogP contribution < -0.4 is 24.8 Å². The Kier molecular flexibility index (Phi) is 7.43. The van der Waals surface area contributed by atoms with Crippen LogP contribution in [0.1, 0.15) is 6.92 Å². The molecule has 0 aliphatic carbocycles. The lowest BCUT2D eigenvalue weighted by Crippen LogP contribution is -2.33. The van der Waals surface area contributed by atoms with Gasteiger partial charge in [0.2, 0.25) is 5.91 Å². The van der Waals surface area contributed by atoms with Crippen molar-refractivity contribution in [2.45, 2.75) is 6.92 Å². The molecular formula is C19H24N2O4. The molecule has 6 heteroatoms. The molecule has 2 rings (SSSR count). The van der Waals surface area contributed by atoms with E-state index in [0.717, 1.165) is 17.2 Å². The lowest BCUT2D eigenvalue weighted by molar-refractivity contribution is -0.119. The predicted octanol–water partition coefficient (Wildman–Crippen LogP) is 2.70. The molecule has 0 unspecified atom stereocenters. The molecule has 0 aromatic heterocycles. The molecule has 0 spiro atoms. The predicted molar refractivity (Wildman–Crippen MR) is 97.6 cm³/mol. The van der Waals surface area contributed by atoms with E-state index < -0.39 is 0 Å². The van der Waals surface area contributed by atoms with Crippen molar-refractivity contribution in [2.24, 2.45) is 0 Å². The monoisotopic (exact) mass is 344 g/mol. The summed E-state index contributed by atoms with van der Waals surface area (Å²) in [7, 11) is 1.60. The molecular weight excluding hydrogens is 320 g/mol. The summed E-state index contributed by atoms with van der Waals surface area (Å²) in [5.41, 5.74) is 0.783. The van der Waals surface area contributed by atoms with Crippen molar-refractivity contribution >= 4 is 11.6 Å². The number of ether oxygens (including phenoxy) is 3. The van der Waals surface area contributed by atoms with E-state index >= 15 is 0 Å². The Bertz CT molecular complexity index is 659. The quantitative estimate of drug-likeness (QED) is 0.649. The fourth-order valence-corrected chi connectivity index (χ4v) is 2.19. The van der Waals surface area contributed by atoms with Crippen molar-refractivity contribution in [3.63, 3.8) is 0 Å². The molecule has 0 aliphatic rings. The highest BCUT2D eigenvalue weighted by atomic mass is 16.5. The molecule has 0 aliphatic heterocycles. The van der Waals surface area contributed by atoms with E-state index in [9.17, 15) is 4.79 Å². The third-order valence-electron chi connectivity index (χ3n) is 3.37. The van der Waals surface area contributed by atoms with Gasteiger partial charge in [0, 0.05) is 0 Å². The molecule has 0 saturated carbocycles. The van der Waals surface area contributed by atoms with Gasteiger partial charge >= 0.3 is 0 Å². The minimum atomic E-state index is -0.110. The van der Waals surface area contributed by atoms with Crippen LogP contribution in [0.5, 0.6) is 17.2 Å². The van der Waals surface area contributed by atoms with Crippen molar-refractivity contribution in [2.75, 3.05) is 38.7 Å². The van der Waals surface area contributed by atoms with Crippen LogP contribution in [-0.4, -0.2) is 39.3 Å². The third kappa shape index (κ3) is 6.25. The average Bonchev–Trinajstić information content (AvgIpc) is 2.65. The number of carbonyl (C=O) groups excluding carboxylic acids is 1. The molecule has 2 aromatic rings. The lowest BCUT2D eigenvalue weighted by atomic mass is 10.3. The maximum Gasteiger partial charge on any atom is 0.239 e. The summed E-state index contributed by atoms with van der Waals surface area (Å²) in [4.78, 5) is 11.9. The Labute approximate surface area is 148 Å². The van der Waals surface area contributed by atoms with Gasteiger partial charge in [-0.25, -0.2) is 0 Å². The normalized spacial score (nSPS) is 10.0. The van der Waals surface area contributed by atoms with Crippen LogP contribution in [0.15, 0.2) is 48.5 Å². The Hall–Kier alpha value is -2.89. The van der Waals surface area contributed by atoms with Crippen molar-refractivity contribution < 1.29 is 19.0 Å². The van der Waals surface area contributed by atoms with Crippen LogP contribution in [0.25, 0.3) is 0 Å². The molecule has 25 heavy (non-hydrogen) atoms. The zero-order valence-electron chi connectivity index (χ0n) is 14.6. The maximum absolute atomic E-state index is 11.9. The highest BCUT2D eigenvalue weighted by Gasteiger charge is 2.04. The highest BCUT2D eigenvalue weighted by Crippen LogP contribution is 2.22. The third-order valence-corrected chi connectivity index (χ3v) is 3.37. The molecule has 2 aromatic carbocycles. The smallest absolute Gasteiger partial charge is 0.239 e. The van der Waals surface area contributed by atoms with Crippen LogP contribution >= 0.6 is 0 Å². The van der Waals surface area contributed by atoms with Gasteiger partial charge in [0.15, 0.2) is 0 Å². The number of carbonyl (C=O) groups is 1. The Morgan fingerprint density at radius 3 is 2.36 bits per heavy atom. The summed E-state index contributed by atoms with van der Waals surface area (Å²) in [5.74, 6) is 2.14. The minimum Gasteiger partial charge on any atom is -0.495 e. The second kappa shape index (κ2) is 10.1. The number of nitrogens with one attached hydrogen (secondary N) is 2. The van der Waals surface area contributed by atoms with Gasteiger partial charge in [0.1, 0.15) is 23.9 Å². The molecule has 134 valence electrons. The van der Waals surface area contributed by atoms with Gasteiger partial charge < -0.3 is 24.8 Å². The van der Waals surface area contributed by atoms with Crippen molar-refractivity contribution in [1.29, 1.82) is 0 Å². The first-order valence-electron chi connectivity index (χ1n) is 8.22. The van der Waals surface area contributed by atoms with Gasteiger partial charge in [-0.3, -0.25) is 4.79 Å². The zero-order valence-corrected chi connectivity index (χ0v) is 14.6. The Balaban J connectivity index is 1.65. The molecule has 0 fully saturated rings. The zero-order chi connectivity index (χ0) is 17.9. The number of benzene rings is 2. The van der Waals surface area contributed by atoms with E-state index in [1.54, 1.807) is 7.11 Å². The number of amides is 1. The van der Waals surface area contributed by atoms with Gasteiger partial charge in [-0.15, -0.1) is 0 Å². The van der Waals surface area contributed by atoms with Crippen molar-refractivity contribution in [3.8, 4) is 17.2 Å². The van der Waals surface area contributed by atoms with E-state index in [2.05, 4.69) is 10.6 Å². The highest BCUT2D eigenvalue weighted by molar-refractivity contribution is 5.81. The molecule has 0 bridgehead atoms. The molecule has 0 atom stereocenters. The number of anilines is 1. The van der Waals surface area contributed by atoms with Gasteiger partial charge in [-0.05, 0) is 43.3 Å². The van der Waals surface area contributed by atoms with Crippen molar-refractivity contribution in [1.82, 2.24) is 5.32 Å². The maximum atomic E-state index is 11.9. The van der Waals surface area contributed by atoms with E-state index in [1.165, 1.54) is 0 Å². The first-order valence-corrected chi connectivity index (χ1v) is 8.22. The van der Waals surface area contributed by atoms with E-state index in [4.69, 9.17) is 14.2 Å². The van der Waals surface area contributed by atoms with Gasteiger partial charge in [0.05, 0.1) is 32.5 Å². The van der Waals surface area contributed by atoms with E-state index in [-0.39, 0.29) is 12.5 Å². The average molecular weight is 344 g/mol. The number of rotatable bonds is 10. The standard InChI is InChI=1S/C19H24N2O4/c1-3-24-15-8-10-16(11-9-15)25-13-12-20-19(22)14-21-17-6-4-5-7-18(17)23-2/h4-11,21H,3,12-14H2,1-2H3,(H,20,22). The summed E-state index contributed by atoms with van der Waals surface area (Å²) in [6, 6.07) is 14.9. The number of methoxy groups -OCH3 is 1. The number of hydrogen-bond acceptors (Lipinski definition) is 5. The second-order valence-electron chi connectivity index (χ2n) is 5.16. The Morgan fingerprint density at radius 2 is 1.68 bits per heavy atom. The molecule has 6 nitrogen and oxygen atoms in total. The first-order chi connectivity index (χ1) is 12.2. The summed E-state index contributed by atoms with van der Waals surface area (Å²) >= 11 is 0. The van der Waals surface area contributed by atoms with Crippen LogP contribution in [0.4, 0.5) is 5.69 Å². The van der Waals surface area contributed by atoms with Crippen LogP contribution in [0.3, 0.4) is 0 Å². The fraction of sp³-hybridized carbons (Fsp3) is 0.316. The second-order valence-corrected chi connectivity index (χ2v) is 5.16.